The lowest BCUT2D eigenvalue weighted by Crippen LogP contribution is -2.37. The van der Waals surface area contributed by atoms with E-state index in [1.54, 1.807) is 6.92 Å². The van der Waals surface area contributed by atoms with Gasteiger partial charge in [-0.05, 0) is 25.6 Å². The maximum atomic E-state index is 12.2. The van der Waals surface area contributed by atoms with Gasteiger partial charge in [0.05, 0.1) is 12.5 Å². The Morgan fingerprint density at radius 2 is 1.80 bits per heavy atom. The maximum Gasteiger partial charge on any atom is 0.401 e. The molecule has 0 spiro atoms. The molecule has 1 amide bonds. The normalized spacial score (nSPS) is 13.4. The first kappa shape index (κ1) is 26.2. The molecule has 0 saturated heterocycles. The molecule has 25 heavy (non-hydrogen) atoms. The first-order valence-electron chi connectivity index (χ1n) is 7.54. The molecule has 0 saturated carbocycles. The fraction of sp³-hybridized carbons (Fsp3) is 0.562. The molecule has 0 radical (unpaired) electrons. The number of halogens is 5. The van der Waals surface area contributed by atoms with E-state index in [2.05, 4.69) is 5.32 Å². The highest BCUT2D eigenvalue weighted by Gasteiger charge is 2.28. The third kappa shape index (κ3) is 10.5. The number of nitrogens with two attached hydrogens (primary N) is 1. The number of carbonyl (C=O) groups excluding carboxylic acids is 1. The molecule has 1 aromatic rings. The molecule has 2 atom stereocenters. The van der Waals surface area contributed by atoms with Crippen LogP contribution in [-0.2, 0) is 4.79 Å². The highest BCUT2D eigenvalue weighted by molar-refractivity contribution is 5.85. The Hall–Kier alpha value is -1.02. The number of nitrogens with zero attached hydrogens (tertiary/aromatic N) is 1. The average Bonchev–Trinajstić information content (AvgIpc) is 2.49. The number of carbonyl (C=O) groups is 1. The van der Waals surface area contributed by atoms with Gasteiger partial charge in [-0.2, -0.15) is 13.2 Å². The minimum atomic E-state index is -4.20. The van der Waals surface area contributed by atoms with Gasteiger partial charge in [-0.3, -0.25) is 9.69 Å². The largest absolute Gasteiger partial charge is 0.401 e. The quantitative estimate of drug-likeness (QED) is 0.655. The van der Waals surface area contributed by atoms with Crippen LogP contribution >= 0.6 is 24.8 Å². The van der Waals surface area contributed by atoms with E-state index in [0.717, 1.165) is 5.56 Å². The molecule has 146 valence electrons. The van der Waals surface area contributed by atoms with Crippen molar-refractivity contribution in [2.45, 2.75) is 25.6 Å². The van der Waals surface area contributed by atoms with Gasteiger partial charge >= 0.3 is 6.18 Å². The SMILES string of the molecule is CC(C(=O)NCCCN(C)CC(F)(F)F)C(N)c1ccccc1.Cl.Cl. The minimum Gasteiger partial charge on any atom is -0.356 e. The fourth-order valence-corrected chi connectivity index (χ4v) is 2.23. The highest BCUT2D eigenvalue weighted by Crippen LogP contribution is 2.19. The van der Waals surface area contributed by atoms with E-state index >= 15 is 0 Å². The standard InChI is InChI=1S/C16H24F3N3O.2ClH/c1-12(14(20)13-7-4-3-5-8-13)15(23)21-9-6-10-22(2)11-16(17,18)19;;/h3-5,7-8,12,14H,6,9-11,20H2,1-2H3,(H,21,23);2*1H. The van der Waals surface area contributed by atoms with Crippen LogP contribution in [-0.4, -0.2) is 43.7 Å². The number of nitrogens with one attached hydrogen (secondary N) is 1. The first-order valence-corrected chi connectivity index (χ1v) is 7.54. The number of hydrogen-bond acceptors (Lipinski definition) is 3. The van der Waals surface area contributed by atoms with Crippen molar-refractivity contribution in [1.29, 1.82) is 0 Å². The van der Waals surface area contributed by atoms with E-state index < -0.39 is 24.7 Å². The van der Waals surface area contributed by atoms with Crippen LogP contribution in [0.4, 0.5) is 13.2 Å². The summed E-state index contributed by atoms with van der Waals surface area (Å²) in [6, 6.07) is 8.90. The van der Waals surface area contributed by atoms with Gasteiger partial charge in [-0.25, -0.2) is 0 Å². The summed E-state index contributed by atoms with van der Waals surface area (Å²) >= 11 is 0. The zero-order valence-corrected chi connectivity index (χ0v) is 15.9. The van der Waals surface area contributed by atoms with Gasteiger partial charge in [0.1, 0.15) is 0 Å². The summed E-state index contributed by atoms with van der Waals surface area (Å²) < 4.78 is 36.5. The number of hydrogen-bond donors (Lipinski definition) is 2. The van der Waals surface area contributed by atoms with E-state index in [1.165, 1.54) is 11.9 Å². The van der Waals surface area contributed by atoms with Crippen LogP contribution in [0.15, 0.2) is 30.3 Å². The van der Waals surface area contributed by atoms with Gasteiger partial charge in [0, 0.05) is 12.6 Å². The molecule has 0 bridgehead atoms. The lowest BCUT2D eigenvalue weighted by Gasteiger charge is -2.21. The van der Waals surface area contributed by atoms with Crippen molar-refractivity contribution in [3.63, 3.8) is 0 Å². The molecule has 0 fully saturated rings. The molecule has 4 nitrogen and oxygen atoms in total. The summed E-state index contributed by atoms with van der Waals surface area (Å²) in [4.78, 5) is 13.2. The van der Waals surface area contributed by atoms with E-state index in [4.69, 9.17) is 5.73 Å². The second kappa shape index (κ2) is 12.4. The van der Waals surface area contributed by atoms with Crippen LogP contribution in [0.25, 0.3) is 0 Å². The molecule has 1 aromatic carbocycles. The zero-order chi connectivity index (χ0) is 17.5. The average molecular weight is 404 g/mol. The summed E-state index contributed by atoms with van der Waals surface area (Å²) in [6.07, 6.45) is -3.75. The predicted octanol–water partition coefficient (Wildman–Crippen LogP) is 3.17. The Bertz CT molecular complexity index is 489. The van der Waals surface area contributed by atoms with Crippen LogP contribution in [0, 0.1) is 5.92 Å². The van der Waals surface area contributed by atoms with Crippen molar-refractivity contribution >= 4 is 30.7 Å². The van der Waals surface area contributed by atoms with Crippen LogP contribution in [0.3, 0.4) is 0 Å². The Morgan fingerprint density at radius 3 is 2.32 bits per heavy atom. The second-order valence-electron chi connectivity index (χ2n) is 5.72. The fourth-order valence-electron chi connectivity index (χ4n) is 2.23. The maximum absolute atomic E-state index is 12.2. The summed E-state index contributed by atoms with van der Waals surface area (Å²) in [5.41, 5.74) is 6.94. The summed E-state index contributed by atoms with van der Waals surface area (Å²) in [5.74, 6) is -0.606. The van der Waals surface area contributed by atoms with Gasteiger partial charge in [-0.15, -0.1) is 24.8 Å². The topological polar surface area (TPSA) is 58.4 Å². The number of amides is 1. The predicted molar refractivity (Wildman–Crippen MR) is 98.2 cm³/mol. The molecular formula is C16H26Cl2F3N3O. The van der Waals surface area contributed by atoms with Crippen LogP contribution in [0.1, 0.15) is 24.9 Å². The molecular weight excluding hydrogens is 378 g/mol. The van der Waals surface area contributed by atoms with E-state index in [9.17, 15) is 18.0 Å². The molecule has 9 heteroatoms. The summed E-state index contributed by atoms with van der Waals surface area (Å²) in [5, 5.41) is 2.72. The van der Waals surface area contributed by atoms with Gasteiger partial charge in [0.15, 0.2) is 0 Å². The highest BCUT2D eigenvalue weighted by atomic mass is 35.5. The van der Waals surface area contributed by atoms with Crippen molar-refractivity contribution < 1.29 is 18.0 Å². The molecule has 0 aliphatic rings. The lowest BCUT2D eigenvalue weighted by atomic mass is 9.95. The zero-order valence-electron chi connectivity index (χ0n) is 14.3. The Labute approximate surface area is 159 Å². The number of rotatable bonds is 8. The van der Waals surface area contributed by atoms with Crippen molar-refractivity contribution in [2.75, 3.05) is 26.7 Å². The number of benzene rings is 1. The minimum absolute atomic E-state index is 0. The first-order chi connectivity index (χ1) is 10.7. The van der Waals surface area contributed by atoms with Crippen LogP contribution < -0.4 is 11.1 Å². The van der Waals surface area contributed by atoms with E-state index in [0.29, 0.717) is 13.0 Å². The molecule has 2 unspecified atom stereocenters. The third-order valence-electron chi connectivity index (χ3n) is 3.60. The summed E-state index contributed by atoms with van der Waals surface area (Å²) in [6.45, 7) is 1.38. The Morgan fingerprint density at radius 1 is 1.24 bits per heavy atom. The monoisotopic (exact) mass is 403 g/mol. The second-order valence-corrected chi connectivity index (χ2v) is 5.72. The number of alkyl halides is 3. The van der Waals surface area contributed by atoms with Crippen molar-refractivity contribution in [3.05, 3.63) is 35.9 Å². The molecule has 0 aromatic heterocycles. The molecule has 3 N–H and O–H groups in total. The molecule has 0 heterocycles. The van der Waals surface area contributed by atoms with Crippen molar-refractivity contribution in [2.24, 2.45) is 11.7 Å². The van der Waals surface area contributed by atoms with E-state index in [1.807, 2.05) is 30.3 Å². The van der Waals surface area contributed by atoms with Crippen LogP contribution in [0.2, 0.25) is 0 Å². The van der Waals surface area contributed by atoms with Crippen molar-refractivity contribution in [1.82, 2.24) is 10.2 Å². The Balaban J connectivity index is 0. The smallest absolute Gasteiger partial charge is 0.356 e. The van der Waals surface area contributed by atoms with Crippen molar-refractivity contribution in [3.8, 4) is 0 Å². The van der Waals surface area contributed by atoms with Gasteiger partial charge in [0.2, 0.25) is 5.91 Å². The summed E-state index contributed by atoms with van der Waals surface area (Å²) in [7, 11) is 1.41. The lowest BCUT2D eigenvalue weighted by molar-refractivity contribution is -0.143. The van der Waals surface area contributed by atoms with E-state index in [-0.39, 0.29) is 37.3 Å². The van der Waals surface area contributed by atoms with Gasteiger partial charge in [0.25, 0.3) is 0 Å². The van der Waals surface area contributed by atoms with Crippen LogP contribution in [0.5, 0.6) is 0 Å². The van der Waals surface area contributed by atoms with Gasteiger partial charge < -0.3 is 11.1 Å². The molecule has 1 rings (SSSR count). The van der Waals surface area contributed by atoms with Gasteiger partial charge in [-0.1, -0.05) is 37.3 Å². The third-order valence-corrected chi connectivity index (χ3v) is 3.60. The molecule has 0 aliphatic carbocycles. The Kier molecular flexibility index (Phi) is 13.0. The molecule has 0 aliphatic heterocycles.